The molecule has 0 saturated heterocycles. The molecule has 1 aromatic rings. The Morgan fingerprint density at radius 3 is 2.27 bits per heavy atom. The molecule has 1 rings (SSSR count). The number of carbonyl (C=O) groups excluding carboxylic acids is 1. The number of primary amides is 1. The van der Waals surface area contributed by atoms with Gasteiger partial charge in [-0.3, -0.25) is 0 Å². The Kier molecular flexibility index (Phi) is 3.31. The van der Waals surface area contributed by atoms with Gasteiger partial charge in [0.1, 0.15) is 0 Å². The summed E-state index contributed by atoms with van der Waals surface area (Å²) in [4.78, 5) is 10.7. The van der Waals surface area contributed by atoms with Crippen LogP contribution >= 0.6 is 0 Å². The first-order valence-electron chi connectivity index (χ1n) is 4.22. The zero-order chi connectivity index (χ0) is 11.5. The van der Waals surface area contributed by atoms with Gasteiger partial charge in [-0.05, 0) is 17.7 Å². The molecular weight excluding hydrogens is 216 g/mol. The smallest absolute Gasteiger partial charge is 0.312 e. The van der Waals surface area contributed by atoms with Crippen molar-refractivity contribution in [2.45, 2.75) is 11.4 Å². The molecule has 0 bridgehead atoms. The van der Waals surface area contributed by atoms with Crippen LogP contribution in [0.5, 0.6) is 0 Å². The number of benzene rings is 1. The molecular formula is C9H12N2O3S. The molecule has 2 amide bonds. The summed E-state index contributed by atoms with van der Waals surface area (Å²) in [5.74, 6) is 0. The van der Waals surface area contributed by atoms with Crippen molar-refractivity contribution in [2.75, 3.05) is 6.26 Å². The van der Waals surface area contributed by atoms with Crippen molar-refractivity contribution in [1.82, 2.24) is 5.32 Å². The number of hydrogen-bond donors (Lipinski definition) is 2. The number of rotatable bonds is 3. The minimum atomic E-state index is -3.16. The van der Waals surface area contributed by atoms with E-state index in [0.29, 0.717) is 6.54 Å². The highest BCUT2D eigenvalue weighted by atomic mass is 32.2. The van der Waals surface area contributed by atoms with Crippen LogP contribution in [0.4, 0.5) is 4.79 Å². The SMILES string of the molecule is CS(=O)(=O)c1ccc(CNC(N)=O)cc1. The average molecular weight is 228 g/mol. The van der Waals surface area contributed by atoms with Crippen molar-refractivity contribution in [3.05, 3.63) is 29.8 Å². The van der Waals surface area contributed by atoms with Gasteiger partial charge in [0.15, 0.2) is 9.84 Å². The molecule has 0 aromatic heterocycles. The van der Waals surface area contributed by atoms with E-state index in [1.165, 1.54) is 12.1 Å². The second-order valence-corrected chi connectivity index (χ2v) is 5.15. The van der Waals surface area contributed by atoms with Crippen LogP contribution in [0.3, 0.4) is 0 Å². The van der Waals surface area contributed by atoms with Crippen LogP contribution in [0.15, 0.2) is 29.2 Å². The lowest BCUT2D eigenvalue weighted by atomic mass is 10.2. The van der Waals surface area contributed by atoms with E-state index in [0.717, 1.165) is 11.8 Å². The standard InChI is InChI=1S/C9H12N2O3S/c1-15(13,14)8-4-2-7(3-5-8)6-11-9(10)12/h2-5H,6H2,1H3,(H3,10,11,12). The second kappa shape index (κ2) is 4.31. The van der Waals surface area contributed by atoms with Gasteiger partial charge in [-0.25, -0.2) is 13.2 Å². The number of nitrogens with one attached hydrogen (secondary N) is 1. The Labute approximate surface area is 88.2 Å². The van der Waals surface area contributed by atoms with E-state index in [4.69, 9.17) is 5.73 Å². The van der Waals surface area contributed by atoms with Crippen LogP contribution in [-0.4, -0.2) is 20.7 Å². The summed E-state index contributed by atoms with van der Waals surface area (Å²) in [5.41, 5.74) is 5.69. The number of sulfone groups is 1. The highest BCUT2D eigenvalue weighted by Crippen LogP contribution is 2.09. The Bertz CT molecular complexity index is 451. The molecule has 82 valence electrons. The van der Waals surface area contributed by atoms with Crippen LogP contribution in [0.25, 0.3) is 0 Å². The third-order valence-electron chi connectivity index (χ3n) is 1.82. The first kappa shape index (κ1) is 11.5. The van der Waals surface area contributed by atoms with Gasteiger partial charge in [0, 0.05) is 12.8 Å². The van der Waals surface area contributed by atoms with Gasteiger partial charge in [0.25, 0.3) is 0 Å². The Morgan fingerprint density at radius 2 is 1.87 bits per heavy atom. The number of hydrogen-bond acceptors (Lipinski definition) is 3. The van der Waals surface area contributed by atoms with Crippen LogP contribution in [0.1, 0.15) is 5.56 Å². The summed E-state index contributed by atoms with van der Waals surface area (Å²) in [6.07, 6.45) is 1.14. The van der Waals surface area contributed by atoms with Gasteiger partial charge in [-0.2, -0.15) is 0 Å². The fourth-order valence-electron chi connectivity index (χ4n) is 1.04. The molecule has 3 N–H and O–H groups in total. The minimum Gasteiger partial charge on any atom is -0.352 e. The Morgan fingerprint density at radius 1 is 1.33 bits per heavy atom. The number of carbonyl (C=O) groups is 1. The van der Waals surface area contributed by atoms with E-state index in [1.54, 1.807) is 12.1 Å². The monoisotopic (exact) mass is 228 g/mol. The van der Waals surface area contributed by atoms with Crippen molar-refractivity contribution >= 4 is 15.9 Å². The Hall–Kier alpha value is -1.56. The maximum atomic E-state index is 11.1. The first-order chi connectivity index (χ1) is 6.89. The quantitative estimate of drug-likeness (QED) is 0.777. The van der Waals surface area contributed by atoms with E-state index in [2.05, 4.69) is 5.32 Å². The van der Waals surface area contributed by atoms with Gasteiger partial charge in [-0.15, -0.1) is 0 Å². The highest BCUT2D eigenvalue weighted by Gasteiger charge is 2.05. The maximum absolute atomic E-state index is 11.1. The van der Waals surface area contributed by atoms with E-state index in [1.807, 2.05) is 0 Å². The largest absolute Gasteiger partial charge is 0.352 e. The average Bonchev–Trinajstić information content (AvgIpc) is 2.14. The Balaban J connectivity index is 2.77. The topological polar surface area (TPSA) is 89.3 Å². The van der Waals surface area contributed by atoms with Gasteiger partial charge in [0.05, 0.1) is 4.90 Å². The molecule has 0 atom stereocenters. The molecule has 0 aliphatic heterocycles. The predicted octanol–water partition coefficient (Wildman–Crippen LogP) is 0.258. The van der Waals surface area contributed by atoms with Crippen LogP contribution < -0.4 is 11.1 Å². The third kappa shape index (κ3) is 3.59. The minimum absolute atomic E-state index is 0.255. The molecule has 1 aromatic carbocycles. The fraction of sp³-hybridized carbons (Fsp3) is 0.222. The normalized spacial score (nSPS) is 11.0. The lowest BCUT2D eigenvalue weighted by molar-refractivity contribution is 0.248. The van der Waals surface area contributed by atoms with E-state index in [-0.39, 0.29) is 4.90 Å². The number of nitrogens with two attached hydrogens (primary N) is 1. The molecule has 0 aliphatic carbocycles. The predicted molar refractivity (Wildman–Crippen MR) is 56.0 cm³/mol. The van der Waals surface area contributed by atoms with Gasteiger partial charge >= 0.3 is 6.03 Å². The maximum Gasteiger partial charge on any atom is 0.312 e. The summed E-state index contributed by atoms with van der Waals surface area (Å²) in [6.45, 7) is 0.291. The zero-order valence-electron chi connectivity index (χ0n) is 8.23. The van der Waals surface area contributed by atoms with E-state index >= 15 is 0 Å². The molecule has 5 nitrogen and oxygen atoms in total. The number of amides is 2. The molecule has 0 fully saturated rings. The fourth-order valence-corrected chi connectivity index (χ4v) is 1.67. The van der Waals surface area contributed by atoms with Gasteiger partial charge < -0.3 is 11.1 Å². The summed E-state index contributed by atoms with van der Waals surface area (Å²) < 4.78 is 22.2. The molecule has 0 heterocycles. The molecule has 0 unspecified atom stereocenters. The lowest BCUT2D eigenvalue weighted by Crippen LogP contribution is -2.28. The third-order valence-corrected chi connectivity index (χ3v) is 2.95. The van der Waals surface area contributed by atoms with Crippen LogP contribution in [0.2, 0.25) is 0 Å². The van der Waals surface area contributed by atoms with E-state index in [9.17, 15) is 13.2 Å². The zero-order valence-corrected chi connectivity index (χ0v) is 9.04. The summed E-state index contributed by atoms with van der Waals surface area (Å²) in [7, 11) is -3.16. The second-order valence-electron chi connectivity index (χ2n) is 3.13. The van der Waals surface area contributed by atoms with Gasteiger partial charge in [-0.1, -0.05) is 12.1 Å². The summed E-state index contributed by atoms with van der Waals surface area (Å²) in [6, 6.07) is 5.64. The van der Waals surface area contributed by atoms with Crippen molar-refractivity contribution in [3.63, 3.8) is 0 Å². The molecule has 0 aliphatic rings. The van der Waals surface area contributed by atoms with Crippen molar-refractivity contribution < 1.29 is 13.2 Å². The first-order valence-corrected chi connectivity index (χ1v) is 6.11. The van der Waals surface area contributed by atoms with E-state index < -0.39 is 15.9 Å². The highest BCUT2D eigenvalue weighted by molar-refractivity contribution is 7.90. The van der Waals surface area contributed by atoms with Crippen LogP contribution in [-0.2, 0) is 16.4 Å². The van der Waals surface area contributed by atoms with Gasteiger partial charge in [0.2, 0.25) is 0 Å². The van der Waals surface area contributed by atoms with Crippen molar-refractivity contribution in [2.24, 2.45) is 5.73 Å². The summed E-state index contributed by atoms with van der Waals surface area (Å²) >= 11 is 0. The summed E-state index contributed by atoms with van der Waals surface area (Å²) in [5, 5.41) is 2.41. The molecule has 0 spiro atoms. The number of urea groups is 1. The molecule has 15 heavy (non-hydrogen) atoms. The van der Waals surface area contributed by atoms with Crippen molar-refractivity contribution in [1.29, 1.82) is 0 Å². The molecule has 0 saturated carbocycles. The lowest BCUT2D eigenvalue weighted by Gasteiger charge is -2.03. The molecule has 6 heteroatoms. The molecule has 0 radical (unpaired) electrons. The van der Waals surface area contributed by atoms with Crippen LogP contribution in [0, 0.1) is 0 Å². The van der Waals surface area contributed by atoms with Crippen molar-refractivity contribution in [3.8, 4) is 0 Å².